The molecule has 1 amide bonds. The van der Waals surface area contributed by atoms with E-state index in [0.29, 0.717) is 18.6 Å². The average molecular weight is 363 g/mol. The van der Waals surface area contributed by atoms with E-state index in [-0.39, 0.29) is 23.7 Å². The van der Waals surface area contributed by atoms with Crippen molar-refractivity contribution in [2.75, 3.05) is 31.1 Å². The van der Waals surface area contributed by atoms with E-state index in [1.807, 2.05) is 6.07 Å². The quantitative estimate of drug-likeness (QED) is 0.907. The van der Waals surface area contributed by atoms with Crippen LogP contribution in [0.5, 0.6) is 0 Å². The van der Waals surface area contributed by atoms with Crippen molar-refractivity contribution in [1.29, 1.82) is 0 Å². The summed E-state index contributed by atoms with van der Waals surface area (Å²) in [4.78, 5) is 19.1. The molecule has 2 atom stereocenters. The van der Waals surface area contributed by atoms with E-state index in [4.69, 9.17) is 4.74 Å². The minimum atomic E-state index is -0.289. The van der Waals surface area contributed by atoms with Crippen LogP contribution in [0, 0.1) is 11.7 Å². The van der Waals surface area contributed by atoms with Crippen molar-refractivity contribution >= 4 is 32.6 Å². The summed E-state index contributed by atoms with van der Waals surface area (Å²) >= 11 is 1.49. The van der Waals surface area contributed by atoms with Crippen molar-refractivity contribution in [3.8, 4) is 0 Å². The first-order valence-electron chi connectivity index (χ1n) is 8.90. The van der Waals surface area contributed by atoms with Gasteiger partial charge in [0.25, 0.3) is 0 Å². The van der Waals surface area contributed by atoms with Crippen LogP contribution in [0.3, 0.4) is 0 Å². The van der Waals surface area contributed by atoms with Crippen LogP contribution in [0.2, 0.25) is 0 Å². The number of benzene rings is 1. The number of aromatic nitrogens is 1. The van der Waals surface area contributed by atoms with Gasteiger partial charge in [-0.2, -0.15) is 0 Å². The zero-order chi connectivity index (χ0) is 17.2. The molecule has 0 saturated carbocycles. The van der Waals surface area contributed by atoms with Crippen molar-refractivity contribution in [1.82, 2.24) is 10.3 Å². The monoisotopic (exact) mass is 363 g/mol. The van der Waals surface area contributed by atoms with Gasteiger partial charge in [-0.1, -0.05) is 17.4 Å². The lowest BCUT2D eigenvalue weighted by molar-refractivity contribution is -0.125. The standard InChI is InChI=1S/C18H22FN3O2S/c19-14-6-1-7-15-16(14)21-18(25-15)22-8-2-4-12(11-22)17(23)20-10-13-5-3-9-24-13/h1,6-7,12-13H,2-5,8-11H2,(H,20,23). The van der Waals surface area contributed by atoms with E-state index in [9.17, 15) is 9.18 Å². The SMILES string of the molecule is O=C(NCC1CCCO1)C1CCCN(c2nc3c(F)cccc3s2)C1. The topological polar surface area (TPSA) is 54.5 Å². The van der Waals surface area contributed by atoms with Gasteiger partial charge >= 0.3 is 0 Å². The highest BCUT2D eigenvalue weighted by Crippen LogP contribution is 2.32. The Hall–Kier alpha value is -1.73. The van der Waals surface area contributed by atoms with E-state index in [0.717, 1.165) is 48.7 Å². The molecule has 2 saturated heterocycles. The third-order valence-corrected chi connectivity index (χ3v) is 6.03. The normalized spacial score (nSPS) is 24.0. The largest absolute Gasteiger partial charge is 0.376 e. The number of amides is 1. The lowest BCUT2D eigenvalue weighted by atomic mass is 9.97. The number of thiazole rings is 1. The number of halogens is 1. The van der Waals surface area contributed by atoms with Gasteiger partial charge in [-0.25, -0.2) is 9.37 Å². The molecule has 4 rings (SSSR count). The predicted octanol–water partition coefficient (Wildman–Crippen LogP) is 2.95. The molecule has 2 unspecified atom stereocenters. The second-order valence-electron chi connectivity index (χ2n) is 6.75. The van der Waals surface area contributed by atoms with E-state index >= 15 is 0 Å². The number of ether oxygens (including phenoxy) is 1. The van der Waals surface area contributed by atoms with Crippen molar-refractivity contribution in [2.45, 2.75) is 31.8 Å². The molecule has 2 fully saturated rings. The van der Waals surface area contributed by atoms with Crippen LogP contribution in [0.1, 0.15) is 25.7 Å². The van der Waals surface area contributed by atoms with Gasteiger partial charge in [0, 0.05) is 26.2 Å². The number of carbonyl (C=O) groups is 1. The summed E-state index contributed by atoms with van der Waals surface area (Å²) in [6, 6.07) is 5.02. The number of para-hydroxylation sites is 1. The molecule has 2 aromatic rings. The Morgan fingerprint density at radius 2 is 2.32 bits per heavy atom. The number of carbonyl (C=O) groups excluding carboxylic acids is 1. The molecule has 5 nitrogen and oxygen atoms in total. The molecule has 0 radical (unpaired) electrons. The Labute approximate surface area is 150 Å². The molecule has 134 valence electrons. The van der Waals surface area contributed by atoms with E-state index in [2.05, 4.69) is 15.2 Å². The fraction of sp³-hybridized carbons (Fsp3) is 0.556. The fourth-order valence-electron chi connectivity index (χ4n) is 3.57. The molecule has 2 aliphatic heterocycles. The fourth-order valence-corrected chi connectivity index (χ4v) is 4.58. The van der Waals surface area contributed by atoms with Crippen LogP contribution >= 0.6 is 11.3 Å². The van der Waals surface area contributed by atoms with Gasteiger partial charge in [0.15, 0.2) is 5.13 Å². The zero-order valence-electron chi connectivity index (χ0n) is 14.0. The second-order valence-corrected chi connectivity index (χ2v) is 7.76. The summed E-state index contributed by atoms with van der Waals surface area (Å²) in [6.07, 6.45) is 4.08. The predicted molar refractivity (Wildman–Crippen MR) is 96.5 cm³/mol. The molecule has 3 heterocycles. The Bertz CT molecular complexity index is 760. The highest BCUT2D eigenvalue weighted by Gasteiger charge is 2.28. The molecule has 25 heavy (non-hydrogen) atoms. The number of nitrogens with one attached hydrogen (secondary N) is 1. The maximum Gasteiger partial charge on any atom is 0.224 e. The van der Waals surface area contributed by atoms with Crippen LogP contribution in [0.25, 0.3) is 10.2 Å². The van der Waals surface area contributed by atoms with Gasteiger partial charge in [-0.3, -0.25) is 4.79 Å². The third kappa shape index (κ3) is 3.62. The number of anilines is 1. The minimum Gasteiger partial charge on any atom is -0.376 e. The van der Waals surface area contributed by atoms with Gasteiger partial charge in [0.1, 0.15) is 11.3 Å². The van der Waals surface area contributed by atoms with E-state index < -0.39 is 0 Å². The van der Waals surface area contributed by atoms with E-state index in [1.165, 1.54) is 17.4 Å². The van der Waals surface area contributed by atoms with Gasteiger partial charge in [0.2, 0.25) is 5.91 Å². The van der Waals surface area contributed by atoms with Crippen molar-refractivity contribution in [3.05, 3.63) is 24.0 Å². The first-order valence-corrected chi connectivity index (χ1v) is 9.71. The van der Waals surface area contributed by atoms with Crippen LogP contribution < -0.4 is 10.2 Å². The van der Waals surface area contributed by atoms with Gasteiger partial charge < -0.3 is 15.0 Å². The molecule has 7 heteroatoms. The number of rotatable bonds is 4. The zero-order valence-corrected chi connectivity index (χ0v) is 14.9. The Morgan fingerprint density at radius 1 is 1.40 bits per heavy atom. The van der Waals surface area contributed by atoms with Crippen molar-refractivity contribution in [3.63, 3.8) is 0 Å². The third-order valence-electron chi connectivity index (χ3n) is 4.95. The lowest BCUT2D eigenvalue weighted by Gasteiger charge is -2.31. The molecular formula is C18H22FN3O2S. The molecule has 0 bridgehead atoms. The van der Waals surface area contributed by atoms with Crippen molar-refractivity contribution in [2.24, 2.45) is 5.92 Å². The number of hydrogen-bond acceptors (Lipinski definition) is 5. The molecule has 0 aliphatic carbocycles. The lowest BCUT2D eigenvalue weighted by Crippen LogP contribution is -2.44. The summed E-state index contributed by atoms with van der Waals surface area (Å²) in [5.41, 5.74) is 0.424. The summed E-state index contributed by atoms with van der Waals surface area (Å²) in [7, 11) is 0. The molecular weight excluding hydrogens is 341 g/mol. The van der Waals surface area contributed by atoms with E-state index in [1.54, 1.807) is 6.07 Å². The molecule has 1 N–H and O–H groups in total. The Balaban J connectivity index is 1.41. The molecule has 2 aliphatic rings. The van der Waals surface area contributed by atoms with Crippen molar-refractivity contribution < 1.29 is 13.9 Å². The molecule has 0 spiro atoms. The second kappa shape index (κ2) is 7.25. The first-order chi connectivity index (χ1) is 12.2. The van der Waals surface area contributed by atoms with Gasteiger partial charge in [-0.05, 0) is 37.8 Å². The number of hydrogen-bond donors (Lipinski definition) is 1. The molecule has 1 aromatic carbocycles. The summed E-state index contributed by atoms with van der Waals surface area (Å²) in [5.74, 6) is -0.248. The minimum absolute atomic E-state index is 0.0491. The number of nitrogens with zero attached hydrogens (tertiary/aromatic N) is 2. The maximum absolute atomic E-state index is 13.9. The highest BCUT2D eigenvalue weighted by molar-refractivity contribution is 7.22. The average Bonchev–Trinajstić information content (AvgIpc) is 3.30. The van der Waals surface area contributed by atoms with Crippen LogP contribution in [-0.2, 0) is 9.53 Å². The van der Waals surface area contributed by atoms with Crippen LogP contribution in [0.4, 0.5) is 9.52 Å². The van der Waals surface area contributed by atoms with Gasteiger partial charge in [-0.15, -0.1) is 0 Å². The summed E-state index contributed by atoms with van der Waals surface area (Å²) < 4.78 is 20.3. The number of piperidine rings is 1. The Morgan fingerprint density at radius 3 is 3.12 bits per heavy atom. The Kier molecular flexibility index (Phi) is 4.85. The van der Waals surface area contributed by atoms with Crippen LogP contribution in [-0.4, -0.2) is 43.2 Å². The highest BCUT2D eigenvalue weighted by atomic mass is 32.1. The first kappa shape index (κ1) is 16.7. The smallest absolute Gasteiger partial charge is 0.224 e. The number of fused-ring (bicyclic) bond motifs is 1. The summed E-state index contributed by atoms with van der Waals surface area (Å²) in [5, 5.41) is 3.84. The van der Waals surface area contributed by atoms with Crippen LogP contribution in [0.15, 0.2) is 18.2 Å². The van der Waals surface area contributed by atoms with Gasteiger partial charge in [0.05, 0.1) is 16.7 Å². The molecule has 1 aromatic heterocycles. The summed E-state index contributed by atoms with van der Waals surface area (Å²) in [6.45, 7) is 2.89. The maximum atomic E-state index is 13.9.